The van der Waals surface area contributed by atoms with Crippen molar-refractivity contribution in [2.24, 2.45) is 0 Å². The molecule has 0 unspecified atom stereocenters. The average Bonchev–Trinajstić information content (AvgIpc) is 3.10. The standard InChI is InChI=1S/C14H18N6O3/c1-7-12(19-23-18-7)14(22)15-9-4-8(5-9)13-17-16-11(6-21)20(13)10-2-3-10/h8-10,21H,2-6H2,1H3,(H,15,22). The van der Waals surface area contributed by atoms with E-state index in [1.807, 2.05) is 0 Å². The molecular formula is C14H18N6O3. The van der Waals surface area contributed by atoms with Gasteiger partial charge in [0.25, 0.3) is 5.91 Å². The van der Waals surface area contributed by atoms with Crippen LogP contribution in [-0.2, 0) is 6.61 Å². The molecule has 0 aromatic carbocycles. The van der Waals surface area contributed by atoms with Crippen molar-refractivity contribution in [2.75, 3.05) is 0 Å². The Kier molecular flexibility index (Phi) is 3.37. The first kappa shape index (κ1) is 14.3. The number of nitrogens with one attached hydrogen (secondary N) is 1. The second-order valence-corrected chi connectivity index (χ2v) is 6.27. The maximum Gasteiger partial charge on any atom is 0.275 e. The average molecular weight is 318 g/mol. The van der Waals surface area contributed by atoms with Crippen LogP contribution >= 0.6 is 0 Å². The minimum Gasteiger partial charge on any atom is -0.388 e. The van der Waals surface area contributed by atoms with Crippen molar-refractivity contribution in [3.8, 4) is 0 Å². The first-order valence-electron chi connectivity index (χ1n) is 7.82. The summed E-state index contributed by atoms with van der Waals surface area (Å²) in [6.07, 6.45) is 3.85. The number of aliphatic hydroxyl groups is 1. The summed E-state index contributed by atoms with van der Waals surface area (Å²) in [6.45, 7) is 1.60. The second-order valence-electron chi connectivity index (χ2n) is 6.27. The van der Waals surface area contributed by atoms with E-state index in [0.29, 0.717) is 17.6 Å². The molecule has 9 nitrogen and oxygen atoms in total. The van der Waals surface area contributed by atoms with Gasteiger partial charge < -0.3 is 15.0 Å². The summed E-state index contributed by atoms with van der Waals surface area (Å²) < 4.78 is 6.63. The Bertz CT molecular complexity index is 729. The van der Waals surface area contributed by atoms with E-state index >= 15 is 0 Å². The van der Waals surface area contributed by atoms with E-state index in [2.05, 4.69) is 35.0 Å². The number of hydrogen-bond donors (Lipinski definition) is 2. The van der Waals surface area contributed by atoms with Crippen LogP contribution in [0.4, 0.5) is 0 Å². The molecule has 2 aliphatic rings. The molecule has 0 radical (unpaired) electrons. The highest BCUT2D eigenvalue weighted by Gasteiger charge is 2.39. The number of aliphatic hydroxyl groups excluding tert-OH is 1. The quantitative estimate of drug-likeness (QED) is 0.822. The van der Waals surface area contributed by atoms with Crippen LogP contribution in [0.5, 0.6) is 0 Å². The summed E-state index contributed by atoms with van der Waals surface area (Å²) in [5.74, 6) is 1.58. The van der Waals surface area contributed by atoms with Gasteiger partial charge in [0, 0.05) is 18.0 Å². The Labute approximate surface area is 132 Å². The van der Waals surface area contributed by atoms with Crippen LogP contribution in [0.3, 0.4) is 0 Å². The van der Waals surface area contributed by atoms with E-state index in [0.717, 1.165) is 31.5 Å². The molecule has 2 saturated carbocycles. The van der Waals surface area contributed by atoms with Crippen molar-refractivity contribution in [1.29, 1.82) is 0 Å². The minimum atomic E-state index is -0.257. The highest BCUT2D eigenvalue weighted by atomic mass is 16.6. The van der Waals surface area contributed by atoms with Gasteiger partial charge in [-0.3, -0.25) is 4.79 Å². The zero-order valence-electron chi connectivity index (χ0n) is 12.8. The van der Waals surface area contributed by atoms with Gasteiger partial charge in [0.2, 0.25) is 0 Å². The van der Waals surface area contributed by atoms with Crippen molar-refractivity contribution in [3.05, 3.63) is 23.0 Å². The Morgan fingerprint density at radius 3 is 2.74 bits per heavy atom. The molecule has 0 saturated heterocycles. The summed E-state index contributed by atoms with van der Waals surface area (Å²) >= 11 is 0. The van der Waals surface area contributed by atoms with Gasteiger partial charge >= 0.3 is 0 Å². The predicted octanol–water partition coefficient (Wildman–Crippen LogP) is 0.473. The molecule has 0 spiro atoms. The molecule has 23 heavy (non-hydrogen) atoms. The first-order chi connectivity index (χ1) is 11.2. The SMILES string of the molecule is Cc1nonc1C(=O)NC1CC(c2nnc(CO)n2C2CC2)C1. The fraction of sp³-hybridized carbons (Fsp3) is 0.643. The Hall–Kier alpha value is -2.29. The molecule has 2 aromatic heterocycles. The van der Waals surface area contributed by atoms with Gasteiger partial charge in [0.15, 0.2) is 11.5 Å². The third-order valence-electron chi connectivity index (χ3n) is 4.55. The van der Waals surface area contributed by atoms with Crippen LogP contribution in [0.2, 0.25) is 0 Å². The maximum atomic E-state index is 12.1. The second kappa shape index (κ2) is 5.41. The van der Waals surface area contributed by atoms with E-state index in [-0.39, 0.29) is 30.2 Å². The normalized spacial score (nSPS) is 23.6. The molecule has 2 aliphatic carbocycles. The van der Waals surface area contributed by atoms with Crippen LogP contribution < -0.4 is 5.32 Å². The number of carbonyl (C=O) groups is 1. The van der Waals surface area contributed by atoms with E-state index in [4.69, 9.17) is 0 Å². The summed E-state index contributed by atoms with van der Waals surface area (Å²) in [6, 6.07) is 0.519. The Morgan fingerprint density at radius 2 is 2.13 bits per heavy atom. The number of carbonyl (C=O) groups excluding carboxylic acids is 1. The van der Waals surface area contributed by atoms with E-state index in [1.165, 1.54) is 0 Å². The van der Waals surface area contributed by atoms with Gasteiger partial charge in [-0.25, -0.2) is 4.63 Å². The molecule has 9 heteroatoms. The predicted molar refractivity (Wildman–Crippen MR) is 76.5 cm³/mol. The number of amides is 1. The van der Waals surface area contributed by atoms with E-state index < -0.39 is 0 Å². The molecule has 0 aliphatic heterocycles. The van der Waals surface area contributed by atoms with Crippen molar-refractivity contribution >= 4 is 5.91 Å². The number of hydrogen-bond acceptors (Lipinski definition) is 7. The summed E-state index contributed by atoms with van der Waals surface area (Å²) in [7, 11) is 0. The van der Waals surface area contributed by atoms with Gasteiger partial charge in [-0.2, -0.15) is 0 Å². The molecular weight excluding hydrogens is 300 g/mol. The molecule has 2 heterocycles. The smallest absolute Gasteiger partial charge is 0.275 e. The topological polar surface area (TPSA) is 119 Å². The molecule has 122 valence electrons. The van der Waals surface area contributed by atoms with Crippen molar-refractivity contribution < 1.29 is 14.5 Å². The number of rotatable bonds is 5. The van der Waals surface area contributed by atoms with Gasteiger partial charge in [-0.15, -0.1) is 10.2 Å². The first-order valence-corrected chi connectivity index (χ1v) is 7.82. The monoisotopic (exact) mass is 318 g/mol. The summed E-state index contributed by atoms with van der Waals surface area (Å²) in [5.41, 5.74) is 0.719. The van der Waals surface area contributed by atoms with Crippen LogP contribution in [0.25, 0.3) is 0 Å². The molecule has 4 rings (SSSR count). The highest BCUT2D eigenvalue weighted by molar-refractivity contribution is 5.93. The van der Waals surface area contributed by atoms with E-state index in [1.54, 1.807) is 6.92 Å². The lowest BCUT2D eigenvalue weighted by molar-refractivity contribution is 0.0896. The van der Waals surface area contributed by atoms with Crippen LogP contribution in [-0.4, -0.2) is 42.1 Å². The molecule has 2 fully saturated rings. The number of nitrogens with zero attached hydrogens (tertiary/aromatic N) is 5. The lowest BCUT2D eigenvalue weighted by atomic mass is 9.79. The molecule has 1 amide bonds. The van der Waals surface area contributed by atoms with Crippen LogP contribution in [0.1, 0.15) is 65.5 Å². The van der Waals surface area contributed by atoms with Crippen molar-refractivity contribution in [3.63, 3.8) is 0 Å². The molecule has 0 bridgehead atoms. The zero-order valence-corrected chi connectivity index (χ0v) is 12.8. The van der Waals surface area contributed by atoms with Crippen molar-refractivity contribution in [2.45, 2.75) is 57.2 Å². The van der Waals surface area contributed by atoms with Crippen molar-refractivity contribution in [1.82, 2.24) is 30.4 Å². The highest BCUT2D eigenvalue weighted by Crippen LogP contribution is 2.42. The van der Waals surface area contributed by atoms with Crippen LogP contribution in [0, 0.1) is 6.92 Å². The largest absolute Gasteiger partial charge is 0.388 e. The van der Waals surface area contributed by atoms with Gasteiger partial charge in [-0.1, -0.05) is 5.16 Å². The lowest BCUT2D eigenvalue weighted by Gasteiger charge is -2.35. The third kappa shape index (κ3) is 2.50. The summed E-state index contributed by atoms with van der Waals surface area (Å²) in [4.78, 5) is 12.1. The molecule has 0 atom stereocenters. The van der Waals surface area contributed by atoms with Gasteiger partial charge in [0.05, 0.1) is 0 Å². The van der Waals surface area contributed by atoms with Gasteiger partial charge in [-0.05, 0) is 37.8 Å². The Morgan fingerprint density at radius 1 is 1.35 bits per heavy atom. The third-order valence-corrected chi connectivity index (χ3v) is 4.55. The fourth-order valence-electron chi connectivity index (χ4n) is 3.09. The zero-order chi connectivity index (χ0) is 16.0. The minimum absolute atomic E-state index is 0.0885. The molecule has 2 N–H and O–H groups in total. The summed E-state index contributed by atoms with van der Waals surface area (Å²) in [5, 5.41) is 27.9. The molecule has 2 aromatic rings. The maximum absolute atomic E-state index is 12.1. The number of aromatic nitrogens is 5. The van der Waals surface area contributed by atoms with Gasteiger partial charge in [0.1, 0.15) is 18.1 Å². The lowest BCUT2D eigenvalue weighted by Crippen LogP contribution is -2.44. The number of aryl methyl sites for hydroxylation is 1. The van der Waals surface area contributed by atoms with Crippen LogP contribution in [0.15, 0.2) is 4.63 Å². The van der Waals surface area contributed by atoms with E-state index in [9.17, 15) is 9.90 Å². The fourth-order valence-corrected chi connectivity index (χ4v) is 3.09. The Balaban J connectivity index is 1.39.